The molecule has 5 heteroatoms. The van der Waals surface area contributed by atoms with Gasteiger partial charge < -0.3 is 20.1 Å². The normalized spacial score (nSPS) is 10.3. The molecular formula is C19H32N2O2S. The Balaban J connectivity index is 2.20. The van der Waals surface area contributed by atoms with Crippen molar-refractivity contribution in [3.8, 4) is 11.5 Å². The van der Waals surface area contributed by atoms with E-state index in [0.29, 0.717) is 5.11 Å². The highest BCUT2D eigenvalue weighted by Crippen LogP contribution is 2.28. The molecule has 1 aromatic carbocycles. The first kappa shape index (κ1) is 20.6. The summed E-state index contributed by atoms with van der Waals surface area (Å²) in [5, 5.41) is 7.05. The molecule has 1 aromatic rings. The third kappa shape index (κ3) is 8.39. The van der Waals surface area contributed by atoms with Gasteiger partial charge in [0.25, 0.3) is 0 Å². The number of hydrogen-bond acceptors (Lipinski definition) is 3. The highest BCUT2D eigenvalue weighted by atomic mass is 32.1. The fourth-order valence-corrected chi connectivity index (χ4v) is 2.75. The molecule has 4 nitrogen and oxygen atoms in total. The van der Waals surface area contributed by atoms with Crippen molar-refractivity contribution in [2.24, 2.45) is 0 Å². The fourth-order valence-electron chi connectivity index (χ4n) is 2.54. The quantitative estimate of drug-likeness (QED) is 0.403. The number of unbranched alkanes of at least 4 members (excludes halogenated alkanes) is 7. The molecule has 0 bridgehead atoms. The zero-order chi connectivity index (χ0) is 17.6. The topological polar surface area (TPSA) is 42.5 Å². The van der Waals surface area contributed by atoms with Crippen LogP contribution in [0.25, 0.3) is 0 Å². The van der Waals surface area contributed by atoms with E-state index < -0.39 is 0 Å². The van der Waals surface area contributed by atoms with E-state index in [1.165, 1.54) is 44.9 Å². The lowest BCUT2D eigenvalue weighted by Crippen LogP contribution is -2.29. The smallest absolute Gasteiger partial charge is 0.170 e. The molecule has 1 rings (SSSR count). The molecule has 0 aromatic heterocycles. The number of anilines is 1. The molecule has 2 N–H and O–H groups in total. The number of hydrogen-bond donors (Lipinski definition) is 2. The zero-order valence-corrected chi connectivity index (χ0v) is 16.1. The summed E-state index contributed by atoms with van der Waals surface area (Å²) >= 11 is 5.35. The van der Waals surface area contributed by atoms with E-state index in [0.717, 1.165) is 30.2 Å². The number of rotatable bonds is 12. The van der Waals surface area contributed by atoms with Crippen molar-refractivity contribution in [1.82, 2.24) is 5.32 Å². The molecule has 24 heavy (non-hydrogen) atoms. The van der Waals surface area contributed by atoms with E-state index in [9.17, 15) is 0 Å². The highest BCUT2D eigenvalue weighted by Gasteiger charge is 2.06. The Morgan fingerprint density at radius 1 is 0.958 bits per heavy atom. The molecule has 0 spiro atoms. The first-order valence-electron chi connectivity index (χ1n) is 8.98. The molecule has 0 aliphatic rings. The van der Waals surface area contributed by atoms with Crippen molar-refractivity contribution in [2.75, 3.05) is 26.1 Å². The third-order valence-electron chi connectivity index (χ3n) is 3.97. The minimum atomic E-state index is 0.615. The molecule has 0 aliphatic heterocycles. The Hall–Kier alpha value is -1.49. The summed E-state index contributed by atoms with van der Waals surface area (Å²) in [6.07, 6.45) is 10.5. The molecule has 0 aliphatic carbocycles. The van der Waals surface area contributed by atoms with E-state index in [1.54, 1.807) is 14.2 Å². The Kier molecular flexibility index (Phi) is 11.0. The molecule has 0 fully saturated rings. The average Bonchev–Trinajstić information content (AvgIpc) is 2.60. The van der Waals surface area contributed by atoms with Crippen LogP contribution in [0.4, 0.5) is 5.69 Å². The van der Waals surface area contributed by atoms with E-state index in [-0.39, 0.29) is 0 Å². The van der Waals surface area contributed by atoms with Crippen LogP contribution >= 0.6 is 12.2 Å². The SMILES string of the molecule is CCCCCCCCCCNC(=S)Nc1cc(OC)ccc1OC. The van der Waals surface area contributed by atoms with Crippen molar-refractivity contribution in [2.45, 2.75) is 58.3 Å². The van der Waals surface area contributed by atoms with Crippen molar-refractivity contribution in [1.29, 1.82) is 0 Å². The van der Waals surface area contributed by atoms with Crippen LogP contribution in [0.15, 0.2) is 18.2 Å². The standard InChI is InChI=1S/C19H32N2O2S/c1-4-5-6-7-8-9-10-11-14-20-19(24)21-17-15-16(22-2)12-13-18(17)23-3/h12-13,15H,4-11,14H2,1-3H3,(H2,20,21,24). The Morgan fingerprint density at radius 2 is 1.62 bits per heavy atom. The van der Waals surface area contributed by atoms with E-state index >= 15 is 0 Å². The lowest BCUT2D eigenvalue weighted by atomic mass is 10.1. The van der Waals surface area contributed by atoms with Gasteiger partial charge in [-0.2, -0.15) is 0 Å². The van der Waals surface area contributed by atoms with E-state index in [1.807, 2.05) is 18.2 Å². The Labute approximate surface area is 152 Å². The van der Waals surface area contributed by atoms with Crippen molar-refractivity contribution >= 4 is 23.0 Å². The lowest BCUT2D eigenvalue weighted by Gasteiger charge is -2.14. The second-order valence-corrected chi connectivity index (χ2v) is 6.33. The Bertz CT molecular complexity index is 480. The van der Waals surface area contributed by atoms with Crippen LogP contribution in [0.5, 0.6) is 11.5 Å². The predicted molar refractivity (Wildman–Crippen MR) is 106 cm³/mol. The molecule has 0 heterocycles. The second-order valence-electron chi connectivity index (χ2n) is 5.92. The van der Waals surface area contributed by atoms with E-state index in [4.69, 9.17) is 21.7 Å². The summed E-state index contributed by atoms with van der Waals surface area (Å²) in [6, 6.07) is 5.60. The van der Waals surface area contributed by atoms with Gasteiger partial charge in [0.1, 0.15) is 11.5 Å². The summed E-state index contributed by atoms with van der Waals surface area (Å²) in [6.45, 7) is 3.15. The monoisotopic (exact) mass is 352 g/mol. The maximum atomic E-state index is 5.35. The number of benzene rings is 1. The van der Waals surface area contributed by atoms with Gasteiger partial charge in [-0.3, -0.25) is 0 Å². The van der Waals surface area contributed by atoms with Crippen LogP contribution in [0.3, 0.4) is 0 Å². The average molecular weight is 353 g/mol. The van der Waals surface area contributed by atoms with Gasteiger partial charge in [0, 0.05) is 12.6 Å². The third-order valence-corrected chi connectivity index (χ3v) is 4.22. The number of ether oxygens (including phenoxy) is 2. The molecule has 0 saturated carbocycles. The molecule has 0 amide bonds. The minimum absolute atomic E-state index is 0.615. The predicted octanol–water partition coefficient (Wildman–Crippen LogP) is 5.13. The molecule has 0 saturated heterocycles. The van der Waals surface area contributed by atoms with Gasteiger partial charge in [-0.15, -0.1) is 0 Å². The molecular weight excluding hydrogens is 320 g/mol. The highest BCUT2D eigenvalue weighted by molar-refractivity contribution is 7.80. The van der Waals surface area contributed by atoms with Crippen LogP contribution in [0.1, 0.15) is 58.3 Å². The number of methoxy groups -OCH3 is 2. The fraction of sp³-hybridized carbons (Fsp3) is 0.632. The van der Waals surface area contributed by atoms with Gasteiger partial charge >= 0.3 is 0 Å². The van der Waals surface area contributed by atoms with Crippen LogP contribution in [-0.2, 0) is 0 Å². The molecule has 0 unspecified atom stereocenters. The molecule has 0 atom stereocenters. The first-order valence-corrected chi connectivity index (χ1v) is 9.39. The Morgan fingerprint density at radius 3 is 2.25 bits per heavy atom. The van der Waals surface area contributed by atoms with Crippen molar-refractivity contribution in [3.05, 3.63) is 18.2 Å². The van der Waals surface area contributed by atoms with Crippen molar-refractivity contribution in [3.63, 3.8) is 0 Å². The van der Waals surface area contributed by atoms with Crippen LogP contribution in [0.2, 0.25) is 0 Å². The number of nitrogens with one attached hydrogen (secondary N) is 2. The van der Waals surface area contributed by atoms with Crippen molar-refractivity contribution < 1.29 is 9.47 Å². The van der Waals surface area contributed by atoms with Gasteiger partial charge in [-0.25, -0.2) is 0 Å². The lowest BCUT2D eigenvalue weighted by molar-refractivity contribution is 0.405. The summed E-state index contributed by atoms with van der Waals surface area (Å²) in [7, 11) is 3.29. The van der Waals surface area contributed by atoms with Crippen LogP contribution < -0.4 is 20.1 Å². The first-order chi connectivity index (χ1) is 11.7. The summed E-state index contributed by atoms with van der Waals surface area (Å²) in [4.78, 5) is 0. The largest absolute Gasteiger partial charge is 0.497 e. The van der Waals surface area contributed by atoms with E-state index in [2.05, 4.69) is 17.6 Å². The van der Waals surface area contributed by atoms with Gasteiger partial charge in [-0.05, 0) is 30.8 Å². The summed E-state index contributed by atoms with van der Waals surface area (Å²) < 4.78 is 10.6. The summed E-state index contributed by atoms with van der Waals surface area (Å²) in [5.74, 6) is 1.51. The maximum Gasteiger partial charge on any atom is 0.170 e. The molecule has 0 radical (unpaired) electrons. The number of thiocarbonyl (C=S) groups is 1. The van der Waals surface area contributed by atoms with Crippen LogP contribution in [0, 0.1) is 0 Å². The van der Waals surface area contributed by atoms with Crippen LogP contribution in [-0.4, -0.2) is 25.9 Å². The maximum absolute atomic E-state index is 5.35. The minimum Gasteiger partial charge on any atom is -0.497 e. The van der Waals surface area contributed by atoms with Gasteiger partial charge in [-0.1, -0.05) is 51.9 Å². The molecule has 136 valence electrons. The van der Waals surface area contributed by atoms with Gasteiger partial charge in [0.2, 0.25) is 0 Å². The zero-order valence-electron chi connectivity index (χ0n) is 15.3. The van der Waals surface area contributed by atoms with Gasteiger partial charge in [0.15, 0.2) is 5.11 Å². The second kappa shape index (κ2) is 12.9. The summed E-state index contributed by atoms with van der Waals surface area (Å²) in [5.41, 5.74) is 0.810. The van der Waals surface area contributed by atoms with Gasteiger partial charge in [0.05, 0.1) is 19.9 Å².